The average Bonchev–Trinajstić information content (AvgIpc) is 2.70. The van der Waals surface area contributed by atoms with Gasteiger partial charge in [0.1, 0.15) is 0 Å². The first kappa shape index (κ1) is 13.3. The van der Waals surface area contributed by atoms with Gasteiger partial charge in [-0.1, -0.05) is 24.1 Å². The van der Waals surface area contributed by atoms with Crippen LogP contribution in [0.3, 0.4) is 0 Å². The molecule has 6 heteroatoms. The molecule has 0 saturated carbocycles. The summed E-state index contributed by atoms with van der Waals surface area (Å²) in [5.41, 5.74) is 0. The van der Waals surface area contributed by atoms with Crippen LogP contribution in [0.15, 0.2) is 10.3 Å². The number of hydrogen-bond acceptors (Lipinski definition) is 6. The van der Waals surface area contributed by atoms with Crippen LogP contribution >= 0.6 is 31.4 Å². The summed E-state index contributed by atoms with van der Waals surface area (Å²) in [7, 11) is 5.13. The van der Waals surface area contributed by atoms with Crippen LogP contribution in [0.5, 0.6) is 0 Å². The fourth-order valence-corrected chi connectivity index (χ4v) is 5.56. The number of aliphatic hydroxyl groups is 1. The van der Waals surface area contributed by atoms with Crippen LogP contribution in [0.2, 0.25) is 0 Å². The highest BCUT2D eigenvalue weighted by Gasteiger charge is 2.21. The minimum atomic E-state index is -0.520. The van der Waals surface area contributed by atoms with E-state index >= 15 is 0 Å². The monoisotopic (exact) mass is 266 g/mol. The summed E-state index contributed by atoms with van der Waals surface area (Å²) in [5, 5.41) is 10.6. The van der Waals surface area contributed by atoms with Gasteiger partial charge in [-0.05, 0) is 32.4 Å². The first-order valence-corrected chi connectivity index (χ1v) is 8.29. The molecule has 1 aliphatic rings. The highest BCUT2D eigenvalue weighted by Crippen LogP contribution is 2.52. The van der Waals surface area contributed by atoms with Crippen LogP contribution in [-0.4, -0.2) is 17.9 Å². The van der Waals surface area contributed by atoms with E-state index in [-0.39, 0.29) is 11.9 Å². The summed E-state index contributed by atoms with van der Waals surface area (Å²) in [5.74, 6) is -0.0686. The summed E-state index contributed by atoms with van der Waals surface area (Å²) in [6, 6.07) is 0. The van der Waals surface area contributed by atoms with Crippen LogP contribution in [0, 0.1) is 5.92 Å². The minimum Gasteiger partial charge on any atom is -0.439 e. The number of aliphatic hydroxyl groups excluding tert-OH is 1. The van der Waals surface area contributed by atoms with Crippen molar-refractivity contribution in [1.82, 2.24) is 0 Å². The average molecular weight is 266 g/mol. The van der Waals surface area contributed by atoms with Crippen LogP contribution in [0.1, 0.15) is 26.2 Å². The van der Waals surface area contributed by atoms with Gasteiger partial charge < -0.3 is 9.84 Å². The Balaban J connectivity index is 2.46. The lowest BCUT2D eigenvalue weighted by Gasteiger charge is -2.14. The van der Waals surface area contributed by atoms with E-state index < -0.39 is 6.79 Å². The van der Waals surface area contributed by atoms with Crippen LogP contribution < -0.4 is 0 Å². The molecule has 0 bridgehead atoms. The normalized spacial score (nSPS) is 17.3. The fraction of sp³-hybridized carbons (Fsp3) is 0.667. The topological polar surface area (TPSA) is 46.5 Å². The molecule has 0 fully saturated rings. The highest BCUT2D eigenvalue weighted by atomic mass is 33.5. The van der Waals surface area contributed by atoms with Gasteiger partial charge in [-0.3, -0.25) is 4.79 Å². The Hall–Kier alpha value is 0.220. The molecule has 0 radical (unpaired) electrons. The lowest BCUT2D eigenvalue weighted by atomic mass is 10.00. The summed E-state index contributed by atoms with van der Waals surface area (Å²) in [6.45, 7) is 1.58. The highest BCUT2D eigenvalue weighted by molar-refractivity contribution is 9.11. The van der Waals surface area contributed by atoms with Crippen molar-refractivity contribution < 1.29 is 14.6 Å². The van der Waals surface area contributed by atoms with Gasteiger partial charge in [0.15, 0.2) is 6.79 Å². The molecule has 0 aromatic heterocycles. The maximum atomic E-state index is 11.3. The quantitative estimate of drug-likeness (QED) is 0.452. The molecule has 1 N–H and O–H groups in total. The van der Waals surface area contributed by atoms with Crippen LogP contribution in [0.4, 0.5) is 0 Å². The van der Waals surface area contributed by atoms with Crippen molar-refractivity contribution in [3.63, 3.8) is 0 Å². The maximum Gasteiger partial charge on any atom is 0.308 e. The van der Waals surface area contributed by atoms with E-state index in [2.05, 4.69) is 17.1 Å². The third-order valence-corrected chi connectivity index (χ3v) is 5.93. The second-order valence-corrected chi connectivity index (χ2v) is 7.02. The Morgan fingerprint density at radius 2 is 2.47 bits per heavy atom. The smallest absolute Gasteiger partial charge is 0.308 e. The lowest BCUT2D eigenvalue weighted by molar-refractivity contribution is -0.152. The Morgan fingerprint density at radius 3 is 3.00 bits per heavy atom. The number of allylic oxidation sites excluding steroid dienone is 1. The van der Waals surface area contributed by atoms with Gasteiger partial charge in [0.2, 0.25) is 0 Å². The molecular weight excluding hydrogens is 252 g/mol. The van der Waals surface area contributed by atoms with Crippen molar-refractivity contribution in [2.24, 2.45) is 5.92 Å². The Morgan fingerprint density at radius 1 is 1.67 bits per heavy atom. The first-order valence-electron chi connectivity index (χ1n) is 4.74. The van der Waals surface area contributed by atoms with Gasteiger partial charge in [-0.25, -0.2) is 0 Å². The van der Waals surface area contributed by atoms with Crippen molar-refractivity contribution in [3.8, 4) is 0 Å². The molecule has 0 aliphatic carbocycles. The molecule has 0 aromatic rings. The number of ether oxygens (including phenoxy) is 1. The van der Waals surface area contributed by atoms with Crippen molar-refractivity contribution in [3.05, 3.63) is 10.3 Å². The van der Waals surface area contributed by atoms with Crippen molar-refractivity contribution in [1.29, 1.82) is 0 Å². The molecule has 0 amide bonds. The molecule has 3 nitrogen and oxygen atoms in total. The third-order valence-electron chi connectivity index (χ3n) is 2.01. The molecule has 1 atom stereocenters. The first-order chi connectivity index (χ1) is 7.27. The largest absolute Gasteiger partial charge is 0.439 e. The van der Waals surface area contributed by atoms with E-state index in [1.165, 1.54) is 4.91 Å². The second kappa shape index (κ2) is 7.49. The summed E-state index contributed by atoms with van der Waals surface area (Å²) < 4.78 is 4.54. The summed E-state index contributed by atoms with van der Waals surface area (Å²) >= 11 is 0. The molecule has 0 saturated heterocycles. The molecule has 1 rings (SSSR count). The molecule has 1 aliphatic heterocycles. The van der Waals surface area contributed by atoms with E-state index in [0.717, 1.165) is 12.8 Å². The predicted molar refractivity (Wildman–Crippen MR) is 67.0 cm³/mol. The molecule has 1 heterocycles. The molecular formula is C9H14O3S3. The van der Waals surface area contributed by atoms with E-state index in [0.29, 0.717) is 6.42 Å². The van der Waals surface area contributed by atoms with Gasteiger partial charge in [-0.2, -0.15) is 0 Å². The van der Waals surface area contributed by atoms with E-state index in [4.69, 9.17) is 5.11 Å². The molecule has 15 heavy (non-hydrogen) atoms. The molecule has 1 unspecified atom stereocenters. The zero-order valence-electron chi connectivity index (χ0n) is 8.47. The Kier molecular flexibility index (Phi) is 6.63. The van der Waals surface area contributed by atoms with E-state index in [1.54, 1.807) is 31.4 Å². The fourth-order valence-electron chi connectivity index (χ4n) is 1.34. The Bertz CT molecular complexity index is 243. The summed E-state index contributed by atoms with van der Waals surface area (Å²) in [6.07, 6.45) is 2.40. The SMILES string of the molecule is CCCC(CC(=O)OCO)C1=CSSS1. The van der Waals surface area contributed by atoms with Gasteiger partial charge >= 0.3 is 5.97 Å². The number of carbonyl (C=O) groups excluding carboxylic acids is 1. The zero-order valence-corrected chi connectivity index (χ0v) is 10.9. The van der Waals surface area contributed by atoms with Gasteiger partial charge in [0.05, 0.1) is 6.42 Å². The maximum absolute atomic E-state index is 11.3. The van der Waals surface area contributed by atoms with E-state index in [1.807, 2.05) is 0 Å². The van der Waals surface area contributed by atoms with Crippen molar-refractivity contribution in [2.45, 2.75) is 26.2 Å². The zero-order chi connectivity index (χ0) is 11.1. The van der Waals surface area contributed by atoms with Crippen LogP contribution in [-0.2, 0) is 9.53 Å². The van der Waals surface area contributed by atoms with Crippen molar-refractivity contribution >= 4 is 37.4 Å². The Labute approximate surface area is 101 Å². The number of carbonyl (C=O) groups is 1. The number of hydrogen-bond donors (Lipinski definition) is 1. The van der Waals surface area contributed by atoms with Gasteiger partial charge in [-0.15, -0.1) is 0 Å². The van der Waals surface area contributed by atoms with Gasteiger partial charge in [0, 0.05) is 10.8 Å². The van der Waals surface area contributed by atoms with Crippen LogP contribution in [0.25, 0.3) is 0 Å². The molecule has 0 spiro atoms. The molecule has 0 aromatic carbocycles. The number of esters is 1. The summed E-state index contributed by atoms with van der Waals surface area (Å²) in [4.78, 5) is 12.5. The molecule has 86 valence electrons. The van der Waals surface area contributed by atoms with Crippen molar-refractivity contribution in [2.75, 3.05) is 6.79 Å². The number of rotatable bonds is 6. The van der Waals surface area contributed by atoms with E-state index in [9.17, 15) is 4.79 Å². The second-order valence-electron chi connectivity index (χ2n) is 3.10. The predicted octanol–water partition coefficient (Wildman–Crippen LogP) is 3.17. The minimum absolute atomic E-state index is 0.251. The standard InChI is InChI=1S/C9H14O3S3/c1-2-3-7(4-9(11)12-6-10)8-5-13-15-14-8/h5,7,10H,2-4,6H2,1H3. The van der Waals surface area contributed by atoms with Gasteiger partial charge in [0.25, 0.3) is 0 Å². The third kappa shape index (κ3) is 4.72. The lowest BCUT2D eigenvalue weighted by Crippen LogP contribution is -2.12.